The molecule has 7 nitrogen and oxygen atoms in total. The van der Waals surface area contributed by atoms with Gasteiger partial charge in [0, 0.05) is 35.3 Å². The van der Waals surface area contributed by atoms with E-state index in [1.165, 1.54) is 0 Å². The summed E-state index contributed by atoms with van der Waals surface area (Å²) in [6.07, 6.45) is 1.40. The molecular formula is C24H25ClN4O3. The Labute approximate surface area is 191 Å². The predicted molar refractivity (Wildman–Crippen MR) is 123 cm³/mol. The van der Waals surface area contributed by atoms with Crippen LogP contribution < -0.4 is 10.1 Å². The first-order valence-electron chi connectivity index (χ1n) is 10.7. The van der Waals surface area contributed by atoms with Crippen molar-refractivity contribution in [2.75, 3.05) is 19.7 Å². The molecule has 0 aliphatic carbocycles. The maximum absolute atomic E-state index is 12.8. The van der Waals surface area contributed by atoms with Crippen molar-refractivity contribution < 1.29 is 14.3 Å². The van der Waals surface area contributed by atoms with E-state index >= 15 is 0 Å². The van der Waals surface area contributed by atoms with Gasteiger partial charge in [0.25, 0.3) is 11.8 Å². The molecule has 32 heavy (non-hydrogen) atoms. The molecule has 1 aliphatic heterocycles. The highest BCUT2D eigenvalue weighted by Gasteiger charge is 2.25. The summed E-state index contributed by atoms with van der Waals surface area (Å²) < 4.78 is 5.43. The molecule has 2 amide bonds. The Morgan fingerprint density at radius 1 is 1.12 bits per heavy atom. The molecule has 166 valence electrons. The number of carbonyl (C=O) groups is 2. The van der Waals surface area contributed by atoms with Crippen molar-refractivity contribution in [1.82, 2.24) is 20.4 Å². The molecule has 2 N–H and O–H groups in total. The van der Waals surface area contributed by atoms with E-state index in [1.807, 2.05) is 36.1 Å². The third kappa shape index (κ3) is 5.11. The van der Waals surface area contributed by atoms with E-state index in [9.17, 15) is 9.59 Å². The minimum absolute atomic E-state index is 0.000927. The van der Waals surface area contributed by atoms with Gasteiger partial charge in [-0.3, -0.25) is 14.7 Å². The molecule has 0 spiro atoms. The van der Waals surface area contributed by atoms with Crippen molar-refractivity contribution in [3.63, 3.8) is 0 Å². The number of likely N-dealkylation sites (tertiary alicyclic amines) is 1. The van der Waals surface area contributed by atoms with Crippen LogP contribution in [0.1, 0.15) is 40.6 Å². The van der Waals surface area contributed by atoms with Crippen molar-refractivity contribution in [3.8, 4) is 17.0 Å². The largest absolute Gasteiger partial charge is 0.494 e. The lowest BCUT2D eigenvalue weighted by Gasteiger charge is -2.32. The van der Waals surface area contributed by atoms with Gasteiger partial charge in [-0.05, 0) is 62.2 Å². The van der Waals surface area contributed by atoms with Crippen LogP contribution in [0.2, 0.25) is 5.02 Å². The monoisotopic (exact) mass is 452 g/mol. The number of aromatic amines is 1. The van der Waals surface area contributed by atoms with Crippen LogP contribution in [0.5, 0.6) is 5.75 Å². The molecule has 4 rings (SSSR count). The van der Waals surface area contributed by atoms with Gasteiger partial charge in [-0.25, -0.2) is 0 Å². The summed E-state index contributed by atoms with van der Waals surface area (Å²) >= 11 is 5.92. The summed E-state index contributed by atoms with van der Waals surface area (Å²) in [7, 11) is 0. The van der Waals surface area contributed by atoms with Crippen molar-refractivity contribution in [3.05, 3.63) is 70.9 Å². The molecule has 0 bridgehead atoms. The van der Waals surface area contributed by atoms with E-state index in [0.29, 0.717) is 54.5 Å². The second kappa shape index (κ2) is 9.87. The molecule has 8 heteroatoms. The number of nitrogens with zero attached hydrogens (tertiary/aromatic N) is 2. The number of H-pyrrole nitrogens is 1. The average Bonchev–Trinajstić information content (AvgIpc) is 3.31. The van der Waals surface area contributed by atoms with Gasteiger partial charge in [0.2, 0.25) is 0 Å². The molecule has 1 aromatic heterocycles. The topological polar surface area (TPSA) is 87.3 Å². The van der Waals surface area contributed by atoms with Crippen LogP contribution in [0.15, 0.2) is 54.6 Å². The van der Waals surface area contributed by atoms with Crippen LogP contribution >= 0.6 is 11.6 Å². The van der Waals surface area contributed by atoms with Gasteiger partial charge in [0.05, 0.1) is 12.3 Å². The van der Waals surface area contributed by atoms with E-state index < -0.39 is 0 Å². The number of benzene rings is 2. The molecule has 1 aliphatic rings. The first-order valence-corrected chi connectivity index (χ1v) is 11.1. The Morgan fingerprint density at radius 2 is 1.81 bits per heavy atom. The summed E-state index contributed by atoms with van der Waals surface area (Å²) in [4.78, 5) is 27.2. The number of hydrogen-bond acceptors (Lipinski definition) is 4. The fourth-order valence-corrected chi connectivity index (χ4v) is 3.87. The van der Waals surface area contributed by atoms with Gasteiger partial charge < -0.3 is 15.0 Å². The molecule has 2 aromatic carbocycles. The number of carbonyl (C=O) groups excluding carboxylic acids is 2. The van der Waals surface area contributed by atoms with E-state index in [0.717, 1.165) is 11.3 Å². The summed E-state index contributed by atoms with van der Waals surface area (Å²) in [6, 6.07) is 16.2. The molecule has 0 saturated carbocycles. The minimum atomic E-state index is -0.200. The fourth-order valence-electron chi connectivity index (χ4n) is 3.74. The van der Waals surface area contributed by atoms with Crippen LogP contribution in [0, 0.1) is 0 Å². The highest BCUT2D eigenvalue weighted by Crippen LogP contribution is 2.21. The third-order valence-electron chi connectivity index (χ3n) is 5.49. The van der Waals surface area contributed by atoms with Gasteiger partial charge in [-0.2, -0.15) is 5.10 Å². The maximum atomic E-state index is 12.8. The van der Waals surface area contributed by atoms with Crippen molar-refractivity contribution in [1.29, 1.82) is 0 Å². The number of hydrogen-bond donors (Lipinski definition) is 2. The standard InChI is InChI=1S/C24H25ClN4O3/c1-2-32-20-9-5-17(6-10-20)24(31)29-13-11-19(12-14-29)26-23(30)22-15-21(27-28-22)16-3-7-18(25)8-4-16/h3-10,15,19H,2,11-14H2,1H3,(H,26,30)(H,27,28). The SMILES string of the molecule is CCOc1ccc(C(=O)N2CCC(NC(=O)c3cc(-c4ccc(Cl)cc4)n[nH]3)CC2)cc1. The number of nitrogens with one attached hydrogen (secondary N) is 2. The zero-order valence-corrected chi connectivity index (χ0v) is 18.6. The lowest BCUT2D eigenvalue weighted by Crippen LogP contribution is -2.46. The minimum Gasteiger partial charge on any atom is -0.494 e. The third-order valence-corrected chi connectivity index (χ3v) is 5.74. The molecule has 0 radical (unpaired) electrons. The van der Waals surface area contributed by atoms with Crippen LogP contribution in [0.25, 0.3) is 11.3 Å². The number of aromatic nitrogens is 2. The Hall–Kier alpha value is -3.32. The summed E-state index contributed by atoms with van der Waals surface area (Å²) in [5, 5.41) is 10.7. The number of rotatable bonds is 6. The van der Waals surface area contributed by atoms with Crippen molar-refractivity contribution in [2.45, 2.75) is 25.8 Å². The second-order valence-corrected chi connectivity index (χ2v) is 8.11. The molecule has 0 atom stereocenters. The van der Waals surface area contributed by atoms with E-state index in [2.05, 4.69) is 15.5 Å². The van der Waals surface area contributed by atoms with Gasteiger partial charge in [0.1, 0.15) is 11.4 Å². The Bertz CT molecular complexity index is 1070. The molecule has 2 heterocycles. The highest BCUT2D eigenvalue weighted by atomic mass is 35.5. The smallest absolute Gasteiger partial charge is 0.269 e. The van der Waals surface area contributed by atoms with Crippen LogP contribution in [-0.2, 0) is 0 Å². The van der Waals surface area contributed by atoms with Crippen LogP contribution in [-0.4, -0.2) is 52.6 Å². The molecule has 1 saturated heterocycles. The van der Waals surface area contributed by atoms with Crippen LogP contribution in [0.4, 0.5) is 0 Å². The van der Waals surface area contributed by atoms with E-state index in [4.69, 9.17) is 16.3 Å². The normalized spacial score (nSPS) is 14.2. The lowest BCUT2D eigenvalue weighted by atomic mass is 10.0. The zero-order chi connectivity index (χ0) is 22.5. The average molecular weight is 453 g/mol. The summed E-state index contributed by atoms with van der Waals surface area (Å²) in [5.41, 5.74) is 2.61. The molecule has 3 aromatic rings. The second-order valence-electron chi connectivity index (χ2n) is 7.67. The number of halogens is 1. The van der Waals surface area contributed by atoms with Gasteiger partial charge in [-0.1, -0.05) is 23.7 Å². The van der Waals surface area contributed by atoms with E-state index in [-0.39, 0.29) is 17.9 Å². The van der Waals surface area contributed by atoms with Gasteiger partial charge >= 0.3 is 0 Å². The number of piperidine rings is 1. The van der Waals surface area contributed by atoms with Crippen molar-refractivity contribution in [2.24, 2.45) is 0 Å². The number of amides is 2. The van der Waals surface area contributed by atoms with Crippen LogP contribution in [0.3, 0.4) is 0 Å². The fraction of sp³-hybridized carbons (Fsp3) is 0.292. The van der Waals surface area contributed by atoms with Gasteiger partial charge in [-0.15, -0.1) is 0 Å². The summed E-state index contributed by atoms with van der Waals surface area (Å²) in [6.45, 7) is 3.70. The quantitative estimate of drug-likeness (QED) is 0.587. The van der Waals surface area contributed by atoms with Gasteiger partial charge in [0.15, 0.2) is 0 Å². The highest BCUT2D eigenvalue weighted by molar-refractivity contribution is 6.30. The summed E-state index contributed by atoms with van der Waals surface area (Å²) in [5.74, 6) is 0.552. The van der Waals surface area contributed by atoms with Crippen molar-refractivity contribution >= 4 is 23.4 Å². The Balaban J connectivity index is 1.29. The Morgan fingerprint density at radius 3 is 2.47 bits per heavy atom. The predicted octanol–water partition coefficient (Wildman–Crippen LogP) is 4.16. The van der Waals surface area contributed by atoms with E-state index in [1.54, 1.807) is 30.3 Å². The zero-order valence-electron chi connectivity index (χ0n) is 17.8. The number of ether oxygens (including phenoxy) is 1. The first-order chi connectivity index (χ1) is 15.5. The lowest BCUT2D eigenvalue weighted by molar-refractivity contribution is 0.0697. The molecular weight excluding hydrogens is 428 g/mol. The Kier molecular flexibility index (Phi) is 6.75. The molecule has 0 unspecified atom stereocenters. The first kappa shape index (κ1) is 21.9. The maximum Gasteiger partial charge on any atom is 0.269 e. The molecule has 1 fully saturated rings.